The van der Waals surface area contributed by atoms with Gasteiger partial charge in [-0.2, -0.15) is 0 Å². The van der Waals surface area contributed by atoms with Crippen LogP contribution < -0.4 is 4.89 Å². The van der Waals surface area contributed by atoms with E-state index in [1.807, 2.05) is 21.1 Å². The largest absolute Gasteiger partial charge is 0.756 e. The highest BCUT2D eigenvalue weighted by Crippen LogP contribution is 2.38. The topological polar surface area (TPSA) is 94.1 Å². The molecule has 0 aliphatic carbocycles. The van der Waals surface area contributed by atoms with Crippen LogP contribution in [-0.2, 0) is 27.9 Å². The number of rotatable bonds is 39. The van der Waals surface area contributed by atoms with Crippen LogP contribution in [0.25, 0.3) is 0 Å². The Kier molecular flexibility index (Phi) is 36.3. The predicted octanol–water partition coefficient (Wildman–Crippen LogP) is 11.7. The zero-order valence-electron chi connectivity index (χ0n) is 35.0. The molecule has 310 valence electrons. The number of hydrogen-bond donors (Lipinski definition) is 0. The number of esters is 1. The van der Waals surface area contributed by atoms with E-state index in [0.717, 1.165) is 38.5 Å². The number of carbonyl (C=O) groups is 1. The average molecular weight is 768 g/mol. The van der Waals surface area contributed by atoms with Gasteiger partial charge in [-0.15, -0.1) is 0 Å². The summed E-state index contributed by atoms with van der Waals surface area (Å²) in [6, 6.07) is 0. The molecule has 9 heteroatoms. The number of phosphoric ester groups is 1. The molecule has 0 saturated heterocycles. The zero-order chi connectivity index (χ0) is 39.1. The van der Waals surface area contributed by atoms with Crippen LogP contribution in [0.2, 0.25) is 0 Å². The first-order valence-electron chi connectivity index (χ1n) is 21.4. The Labute approximate surface area is 327 Å². The minimum Gasteiger partial charge on any atom is -0.756 e. The maximum absolute atomic E-state index is 12.6. The summed E-state index contributed by atoms with van der Waals surface area (Å²) in [5.41, 5.74) is 0. The lowest BCUT2D eigenvalue weighted by Crippen LogP contribution is -2.37. The van der Waals surface area contributed by atoms with Crippen molar-refractivity contribution in [2.45, 2.75) is 174 Å². The van der Waals surface area contributed by atoms with E-state index >= 15 is 0 Å². The third-order valence-corrected chi connectivity index (χ3v) is 9.85. The summed E-state index contributed by atoms with van der Waals surface area (Å²) < 4.78 is 34.5. The molecule has 0 rings (SSSR count). The van der Waals surface area contributed by atoms with Gasteiger partial charge in [0.1, 0.15) is 19.3 Å². The summed E-state index contributed by atoms with van der Waals surface area (Å²) >= 11 is 0. The quantitative estimate of drug-likeness (QED) is 0.0202. The summed E-state index contributed by atoms with van der Waals surface area (Å²) in [5.74, 6) is -0.388. The summed E-state index contributed by atoms with van der Waals surface area (Å²) in [6.45, 7) is 5.31. The van der Waals surface area contributed by atoms with Gasteiger partial charge in [-0.3, -0.25) is 9.36 Å². The maximum Gasteiger partial charge on any atom is 0.306 e. The molecule has 0 aromatic carbocycles. The average Bonchev–Trinajstić information content (AvgIpc) is 3.11. The number of quaternary nitrogens is 1. The van der Waals surface area contributed by atoms with Gasteiger partial charge >= 0.3 is 5.97 Å². The number of carbonyl (C=O) groups excluding carboxylic acids is 1. The second kappa shape index (κ2) is 37.4. The Morgan fingerprint density at radius 1 is 0.585 bits per heavy atom. The van der Waals surface area contributed by atoms with E-state index in [-0.39, 0.29) is 32.2 Å². The lowest BCUT2D eigenvalue weighted by molar-refractivity contribution is -0.870. The molecule has 1 unspecified atom stereocenters. The highest BCUT2D eigenvalue weighted by molar-refractivity contribution is 7.45. The summed E-state index contributed by atoms with van der Waals surface area (Å²) in [6.07, 6.45) is 44.1. The number of nitrogens with zero attached hydrogens (tertiary/aromatic N) is 1. The van der Waals surface area contributed by atoms with Gasteiger partial charge in [0, 0.05) is 13.0 Å². The Morgan fingerprint density at radius 2 is 1.04 bits per heavy atom. The molecule has 0 spiro atoms. The minimum atomic E-state index is -4.54. The fraction of sp³-hybridized carbons (Fsp3) is 0.795. The molecule has 0 aromatic heterocycles. The standard InChI is InChI=1S/C44H82NO7P/c1-6-8-10-12-14-16-18-20-22-23-24-25-27-29-31-33-35-37-44(46)52-43(42-51-53(47,48)50-40-38-45(3,4)5)41-49-39-36-34-32-30-28-26-21-19-17-15-13-11-9-7-2/h14,16,20,22,24-25,29,31,43H,6-13,15,17-19,21,23,26-28,30,32-42H2,1-5H3/b16-14+,22-20+,25-24+,31-29+/t43-/m1/s1. The molecule has 0 N–H and O–H groups in total. The van der Waals surface area contributed by atoms with Gasteiger partial charge < -0.3 is 27.9 Å². The molecule has 0 bridgehead atoms. The molecule has 0 saturated carbocycles. The number of ether oxygens (including phenoxy) is 2. The van der Waals surface area contributed by atoms with Crippen LogP contribution in [0.5, 0.6) is 0 Å². The highest BCUT2D eigenvalue weighted by Gasteiger charge is 2.20. The third kappa shape index (κ3) is 41.5. The molecule has 0 radical (unpaired) electrons. The van der Waals surface area contributed by atoms with E-state index in [2.05, 4.69) is 62.5 Å². The van der Waals surface area contributed by atoms with Gasteiger partial charge in [0.2, 0.25) is 0 Å². The van der Waals surface area contributed by atoms with Crippen molar-refractivity contribution in [1.82, 2.24) is 0 Å². The van der Waals surface area contributed by atoms with E-state index in [9.17, 15) is 14.3 Å². The lowest BCUT2D eigenvalue weighted by atomic mass is 10.0. The smallest absolute Gasteiger partial charge is 0.306 e. The van der Waals surface area contributed by atoms with Crippen molar-refractivity contribution < 1.29 is 37.3 Å². The Bertz CT molecular complexity index is 989. The fourth-order valence-electron chi connectivity index (χ4n) is 5.54. The van der Waals surface area contributed by atoms with Gasteiger partial charge in [-0.25, -0.2) is 0 Å². The molecule has 53 heavy (non-hydrogen) atoms. The maximum atomic E-state index is 12.6. The van der Waals surface area contributed by atoms with E-state index < -0.39 is 13.9 Å². The van der Waals surface area contributed by atoms with Gasteiger partial charge in [-0.1, -0.05) is 159 Å². The predicted molar refractivity (Wildman–Crippen MR) is 222 cm³/mol. The molecule has 8 nitrogen and oxygen atoms in total. The third-order valence-electron chi connectivity index (χ3n) is 8.88. The van der Waals surface area contributed by atoms with Crippen molar-refractivity contribution in [2.24, 2.45) is 0 Å². The SMILES string of the molecule is CCCCC/C=C/C/C=C/C/C=C/C/C=C/CCCC(=O)O[C@H](COCCCCCCCCCCCCCCCC)COP(=O)([O-])OCC[N+](C)(C)C. The molecule has 0 fully saturated rings. The first kappa shape index (κ1) is 51.5. The van der Waals surface area contributed by atoms with E-state index in [1.165, 1.54) is 103 Å². The first-order chi connectivity index (χ1) is 25.6. The lowest BCUT2D eigenvalue weighted by Gasteiger charge is -2.28. The molecule has 0 heterocycles. The number of phosphoric acid groups is 1. The Morgan fingerprint density at radius 3 is 1.55 bits per heavy atom. The molecule has 0 aromatic rings. The van der Waals surface area contributed by atoms with Crippen molar-refractivity contribution in [3.05, 3.63) is 48.6 Å². The van der Waals surface area contributed by atoms with E-state index in [4.69, 9.17) is 18.5 Å². The van der Waals surface area contributed by atoms with Crippen molar-refractivity contribution in [1.29, 1.82) is 0 Å². The second-order valence-electron chi connectivity index (χ2n) is 15.4. The van der Waals surface area contributed by atoms with Gasteiger partial charge in [0.15, 0.2) is 0 Å². The molecular weight excluding hydrogens is 685 g/mol. The van der Waals surface area contributed by atoms with Crippen LogP contribution in [0.4, 0.5) is 0 Å². The summed E-state index contributed by atoms with van der Waals surface area (Å²) in [5, 5.41) is 0. The van der Waals surface area contributed by atoms with Crippen LogP contribution in [0.15, 0.2) is 48.6 Å². The number of unbranched alkanes of at least 4 members (excludes halogenated alkanes) is 17. The number of hydrogen-bond acceptors (Lipinski definition) is 7. The Hall–Kier alpha value is -1.54. The highest BCUT2D eigenvalue weighted by atomic mass is 31.2. The van der Waals surface area contributed by atoms with Gasteiger partial charge in [0.05, 0.1) is 34.4 Å². The molecule has 2 atom stereocenters. The summed E-state index contributed by atoms with van der Waals surface area (Å²) in [7, 11) is 1.32. The second-order valence-corrected chi connectivity index (χ2v) is 16.8. The zero-order valence-corrected chi connectivity index (χ0v) is 35.8. The van der Waals surface area contributed by atoms with Gasteiger partial charge in [-0.05, 0) is 51.4 Å². The van der Waals surface area contributed by atoms with E-state index in [1.54, 1.807) is 0 Å². The number of likely N-dealkylation sites (N-methyl/N-ethyl adjacent to an activating group) is 1. The fourth-order valence-corrected chi connectivity index (χ4v) is 6.27. The van der Waals surface area contributed by atoms with Gasteiger partial charge in [0.25, 0.3) is 7.82 Å². The van der Waals surface area contributed by atoms with Crippen molar-refractivity contribution in [2.75, 3.05) is 54.1 Å². The van der Waals surface area contributed by atoms with Crippen LogP contribution in [0, 0.1) is 0 Å². The van der Waals surface area contributed by atoms with Crippen LogP contribution in [0.3, 0.4) is 0 Å². The van der Waals surface area contributed by atoms with Crippen LogP contribution in [0.1, 0.15) is 168 Å². The monoisotopic (exact) mass is 768 g/mol. The molecule has 0 aliphatic heterocycles. The van der Waals surface area contributed by atoms with E-state index in [0.29, 0.717) is 24.1 Å². The minimum absolute atomic E-state index is 0.0157. The first-order valence-corrected chi connectivity index (χ1v) is 22.8. The summed E-state index contributed by atoms with van der Waals surface area (Å²) in [4.78, 5) is 25.0. The normalized spacial score (nSPS) is 14.3. The molecular formula is C44H82NO7P. The van der Waals surface area contributed by atoms with Crippen molar-refractivity contribution in [3.63, 3.8) is 0 Å². The molecule has 0 amide bonds. The molecule has 0 aliphatic rings. The number of allylic oxidation sites excluding steroid dienone is 8. The Balaban J connectivity index is 4.36. The van der Waals surface area contributed by atoms with Crippen molar-refractivity contribution >= 4 is 13.8 Å². The van der Waals surface area contributed by atoms with Crippen molar-refractivity contribution in [3.8, 4) is 0 Å². The van der Waals surface area contributed by atoms with Crippen LogP contribution >= 0.6 is 7.82 Å². The van der Waals surface area contributed by atoms with Crippen LogP contribution in [-0.4, -0.2) is 70.7 Å².